The second-order valence-corrected chi connectivity index (χ2v) is 29.7. The van der Waals surface area contributed by atoms with E-state index in [1.54, 1.807) is 0 Å². The highest BCUT2D eigenvalue weighted by Gasteiger charge is 2.29. The van der Waals surface area contributed by atoms with Crippen LogP contribution in [0.5, 0.6) is 0 Å². The summed E-state index contributed by atoms with van der Waals surface area (Å²) in [7, 11) is -9.81. The Morgan fingerprint density at radius 3 is 0.800 bits per heavy atom. The van der Waals surface area contributed by atoms with Crippen LogP contribution >= 0.6 is 15.6 Å². The van der Waals surface area contributed by atoms with E-state index in [0.29, 0.717) is 19.3 Å². The van der Waals surface area contributed by atoms with Crippen molar-refractivity contribution in [3.63, 3.8) is 0 Å². The normalized spacial score (nSPS) is 14.8. The number of aliphatic hydroxyl groups excluding tert-OH is 2. The predicted molar refractivity (Wildman–Crippen MR) is 435 cm³/mol. The highest BCUT2D eigenvalue weighted by molar-refractivity contribution is 7.47. The number of allylic oxidation sites excluding steroid dienone is 26. The van der Waals surface area contributed by atoms with Crippen LogP contribution in [0.15, 0.2) is 158 Å². The first-order valence-corrected chi connectivity index (χ1v) is 43.8. The SMILES string of the molecule is CC/C=C\C/C=C\C/C=C\C/C=C\C/C=C\C/C=C\CCCCCCCCC(=O)OCC(COP(=O)(O)OCC(O)COP(=O)(O)OCC(O)COC(=O)CCCCCCCCCCCCCCC/C=C\C/C=C\C/C=C\C/C=C\C/C=C\CC)OC(=O)CCCCCCC/C=C\C/C=C\CCCCC. The summed E-state index contributed by atoms with van der Waals surface area (Å²) in [5.41, 5.74) is 0. The van der Waals surface area contributed by atoms with Gasteiger partial charge in [-0.3, -0.25) is 32.5 Å². The molecule has 0 aromatic heterocycles. The van der Waals surface area contributed by atoms with E-state index in [-0.39, 0.29) is 19.3 Å². The van der Waals surface area contributed by atoms with E-state index >= 15 is 0 Å². The summed E-state index contributed by atoms with van der Waals surface area (Å²) in [6, 6.07) is 0. The number of phosphoric acid groups is 2. The number of hydrogen-bond acceptors (Lipinski definition) is 14. The van der Waals surface area contributed by atoms with Gasteiger partial charge in [-0.05, 0) is 148 Å². The average Bonchev–Trinajstić information content (AvgIpc) is 1.01. The molecular formula is C87H146O16P2. The lowest BCUT2D eigenvalue weighted by Crippen LogP contribution is -2.30. The number of carbonyl (C=O) groups excluding carboxylic acids is 3. The molecule has 600 valence electrons. The molecule has 0 aliphatic carbocycles. The fraction of sp³-hybridized carbons (Fsp3) is 0.667. The van der Waals surface area contributed by atoms with Crippen LogP contribution < -0.4 is 0 Å². The third kappa shape index (κ3) is 80.0. The van der Waals surface area contributed by atoms with Crippen LogP contribution in [-0.2, 0) is 55.8 Å². The standard InChI is InChI=1S/C87H146O16P2/c1-4-7-10-13-16-19-22-25-28-30-32-34-36-38-39-40-41-43-45-46-48-50-53-55-58-61-64-67-70-73-85(90)97-76-82(88)77-99-104(93,94)100-78-83(89)79-101-105(95,96)102-81-84(103-87(92)75-72-69-66-63-60-57-52-27-24-21-18-15-12-9-6-3)80-98-86(91)74-71-68-65-62-59-56-54-51-49-47-44-42-37-35-33-31-29-26-23-20-17-14-11-8-5-2/h7-8,10-11,16-21,25-29,32-35,38-39,42,44,49,51-52,82-84,88-89H,4-6,9,12-15,22-24,30-31,36-37,40-41,43,45-48,50,53-81H2,1-3H3,(H,93,94)(H,95,96)/b10-7-,11-8-,19-16-,20-17-,21-18-,28-25-,29-26-,34-32-,35-33-,39-38-,44-42-,51-49-,52-27-. The second kappa shape index (κ2) is 78.7. The Labute approximate surface area is 638 Å². The molecule has 0 aromatic carbocycles. The molecule has 5 atom stereocenters. The molecule has 0 spiro atoms. The molecule has 5 unspecified atom stereocenters. The lowest BCUT2D eigenvalue weighted by molar-refractivity contribution is -0.161. The first kappa shape index (κ1) is 100. The Morgan fingerprint density at radius 2 is 0.505 bits per heavy atom. The molecule has 0 amide bonds. The molecule has 0 fully saturated rings. The Hall–Kier alpha value is -4.83. The number of aliphatic hydroxyl groups is 2. The zero-order chi connectivity index (χ0) is 76.6. The van der Waals surface area contributed by atoms with E-state index in [9.17, 15) is 43.5 Å². The van der Waals surface area contributed by atoms with Gasteiger partial charge in [-0.25, -0.2) is 9.13 Å². The number of phosphoric ester groups is 2. The highest BCUT2D eigenvalue weighted by atomic mass is 31.2. The van der Waals surface area contributed by atoms with Crippen LogP contribution in [0.4, 0.5) is 0 Å². The van der Waals surface area contributed by atoms with Crippen molar-refractivity contribution in [2.24, 2.45) is 0 Å². The van der Waals surface area contributed by atoms with Gasteiger partial charge in [0, 0.05) is 19.3 Å². The largest absolute Gasteiger partial charge is 0.472 e. The Bertz CT molecular complexity index is 2540. The molecule has 0 aliphatic heterocycles. The number of hydrogen-bond donors (Lipinski definition) is 4. The van der Waals surface area contributed by atoms with Gasteiger partial charge < -0.3 is 34.2 Å². The van der Waals surface area contributed by atoms with Gasteiger partial charge in [-0.2, -0.15) is 0 Å². The van der Waals surface area contributed by atoms with Crippen molar-refractivity contribution in [1.82, 2.24) is 0 Å². The van der Waals surface area contributed by atoms with Crippen LogP contribution in [0.25, 0.3) is 0 Å². The third-order valence-electron chi connectivity index (χ3n) is 16.7. The van der Waals surface area contributed by atoms with Gasteiger partial charge in [-0.15, -0.1) is 0 Å². The van der Waals surface area contributed by atoms with Gasteiger partial charge in [0.15, 0.2) is 6.10 Å². The quantitative estimate of drug-likeness (QED) is 0.0146. The summed E-state index contributed by atoms with van der Waals surface area (Å²) in [4.78, 5) is 58.7. The van der Waals surface area contributed by atoms with Crippen molar-refractivity contribution in [3.8, 4) is 0 Å². The van der Waals surface area contributed by atoms with E-state index < -0.39 is 91.5 Å². The fourth-order valence-electron chi connectivity index (χ4n) is 10.6. The van der Waals surface area contributed by atoms with Gasteiger partial charge in [0.05, 0.1) is 26.4 Å². The maximum Gasteiger partial charge on any atom is 0.472 e. The Balaban J connectivity index is 4.57. The summed E-state index contributed by atoms with van der Waals surface area (Å²) in [6.07, 6.45) is 98.6. The predicted octanol–water partition coefficient (Wildman–Crippen LogP) is 24.2. The molecule has 0 saturated carbocycles. The summed E-state index contributed by atoms with van der Waals surface area (Å²) in [5.74, 6) is -1.61. The van der Waals surface area contributed by atoms with Crippen LogP contribution in [0.2, 0.25) is 0 Å². The summed E-state index contributed by atoms with van der Waals surface area (Å²) in [5, 5.41) is 20.7. The molecule has 0 saturated heterocycles. The van der Waals surface area contributed by atoms with Gasteiger partial charge in [0.25, 0.3) is 0 Å². The van der Waals surface area contributed by atoms with Crippen molar-refractivity contribution in [1.29, 1.82) is 0 Å². The molecule has 0 aliphatic rings. The molecular weight excluding hydrogens is 1360 g/mol. The van der Waals surface area contributed by atoms with Crippen molar-refractivity contribution in [2.75, 3.05) is 39.6 Å². The molecule has 18 heteroatoms. The number of carbonyl (C=O) groups is 3. The Kier molecular flexibility index (Phi) is 75.1. The maximum atomic E-state index is 13.0. The van der Waals surface area contributed by atoms with Gasteiger partial charge in [0.1, 0.15) is 25.4 Å². The van der Waals surface area contributed by atoms with Gasteiger partial charge in [-0.1, -0.05) is 307 Å². The van der Waals surface area contributed by atoms with Crippen LogP contribution in [0.3, 0.4) is 0 Å². The molecule has 0 aromatic rings. The molecule has 16 nitrogen and oxygen atoms in total. The van der Waals surface area contributed by atoms with Crippen molar-refractivity contribution in [3.05, 3.63) is 158 Å². The van der Waals surface area contributed by atoms with Gasteiger partial charge >= 0.3 is 33.6 Å². The molecule has 0 rings (SSSR count). The van der Waals surface area contributed by atoms with E-state index in [2.05, 4.69) is 179 Å². The van der Waals surface area contributed by atoms with E-state index in [4.69, 9.17) is 32.3 Å². The summed E-state index contributed by atoms with van der Waals surface area (Å²) >= 11 is 0. The van der Waals surface area contributed by atoms with Crippen LogP contribution in [0.1, 0.15) is 316 Å². The highest BCUT2D eigenvalue weighted by Crippen LogP contribution is 2.45. The minimum atomic E-state index is -4.94. The fourth-order valence-corrected chi connectivity index (χ4v) is 12.2. The molecule has 4 N–H and O–H groups in total. The lowest BCUT2D eigenvalue weighted by Gasteiger charge is -2.21. The third-order valence-corrected chi connectivity index (χ3v) is 18.6. The minimum absolute atomic E-state index is 0.0808. The lowest BCUT2D eigenvalue weighted by atomic mass is 10.0. The first-order chi connectivity index (χ1) is 51.2. The maximum absolute atomic E-state index is 13.0. The first-order valence-electron chi connectivity index (χ1n) is 40.8. The second-order valence-electron chi connectivity index (χ2n) is 26.8. The van der Waals surface area contributed by atoms with E-state index in [0.717, 1.165) is 180 Å². The van der Waals surface area contributed by atoms with Gasteiger partial charge in [0.2, 0.25) is 0 Å². The van der Waals surface area contributed by atoms with Crippen LogP contribution in [0, 0.1) is 0 Å². The molecule has 0 bridgehead atoms. The Morgan fingerprint density at radius 1 is 0.276 bits per heavy atom. The number of esters is 3. The van der Waals surface area contributed by atoms with E-state index in [1.165, 1.54) is 77.0 Å². The smallest absolute Gasteiger partial charge is 0.463 e. The molecule has 0 radical (unpaired) electrons. The monoisotopic (exact) mass is 1510 g/mol. The number of unbranched alkanes of at least 4 members (excludes halogenated alkanes) is 27. The summed E-state index contributed by atoms with van der Waals surface area (Å²) in [6.45, 7) is 2.40. The minimum Gasteiger partial charge on any atom is -0.463 e. The van der Waals surface area contributed by atoms with Crippen molar-refractivity contribution in [2.45, 2.75) is 334 Å². The van der Waals surface area contributed by atoms with E-state index in [1.807, 2.05) is 0 Å². The summed E-state index contributed by atoms with van der Waals surface area (Å²) < 4.78 is 61.2. The topological polar surface area (TPSA) is 231 Å². The molecule has 0 heterocycles. The van der Waals surface area contributed by atoms with Crippen LogP contribution in [-0.4, -0.2) is 95.9 Å². The van der Waals surface area contributed by atoms with Crippen molar-refractivity contribution < 1.29 is 75.8 Å². The zero-order valence-electron chi connectivity index (χ0n) is 65.6. The molecule has 105 heavy (non-hydrogen) atoms. The average molecular weight is 1510 g/mol. The number of ether oxygens (including phenoxy) is 3. The number of rotatable bonds is 76. The van der Waals surface area contributed by atoms with Crippen molar-refractivity contribution >= 4 is 33.6 Å². The zero-order valence-corrected chi connectivity index (χ0v) is 67.4.